The molecule has 6 rings (SSSR count). The summed E-state index contributed by atoms with van der Waals surface area (Å²) in [6, 6.07) is 14.3. The number of carbonyl (C=O) groups excluding carboxylic acids is 3. The van der Waals surface area contributed by atoms with Gasteiger partial charge in [0.05, 0.1) is 34.5 Å². The van der Waals surface area contributed by atoms with Gasteiger partial charge in [-0.2, -0.15) is 0 Å². The average Bonchev–Trinajstić information content (AvgIpc) is 3.59. The van der Waals surface area contributed by atoms with Crippen LogP contribution in [-0.4, -0.2) is 41.0 Å². The van der Waals surface area contributed by atoms with Crippen LogP contribution < -0.4 is 9.64 Å². The molecule has 2 aliphatic rings. The second-order valence-corrected chi connectivity index (χ2v) is 10.4. The van der Waals surface area contributed by atoms with Gasteiger partial charge < -0.3 is 14.6 Å². The molecule has 2 atom stereocenters. The molecule has 1 aromatic heterocycles. The third kappa shape index (κ3) is 4.13. The summed E-state index contributed by atoms with van der Waals surface area (Å²) in [6.07, 6.45) is 0.631. The topological polar surface area (TPSA) is 106 Å². The van der Waals surface area contributed by atoms with Gasteiger partial charge >= 0.3 is 11.9 Å². The van der Waals surface area contributed by atoms with Crippen LogP contribution in [-0.2, 0) is 20.7 Å². The summed E-state index contributed by atoms with van der Waals surface area (Å²) in [4.78, 5) is 44.6. The minimum Gasteiger partial charge on any atom is -0.507 e. The van der Waals surface area contributed by atoms with E-state index in [9.17, 15) is 23.9 Å². The standard InChI is InChI=1S/C29H21FN2O6S/c1-14-11-18-12-17(7-10-21(18)38-14)25(33)23-24(15-3-5-16(6-4-15)28(36)37-2)32(27(35)26(23)34)29-31-20-9-8-19(30)13-22(20)39-29/h3-10,12-14,24,33H,11H2,1-2H3/b25-23+. The van der Waals surface area contributed by atoms with E-state index in [1.54, 1.807) is 30.3 Å². The molecular formula is C29H21FN2O6S. The normalized spacial score (nSPS) is 19.8. The Labute approximate surface area is 225 Å². The number of methoxy groups -OCH3 is 1. The lowest BCUT2D eigenvalue weighted by Gasteiger charge is -2.23. The van der Waals surface area contributed by atoms with Crippen LogP contribution in [0.3, 0.4) is 0 Å². The van der Waals surface area contributed by atoms with E-state index < -0.39 is 29.5 Å². The summed E-state index contributed by atoms with van der Waals surface area (Å²) in [5.74, 6) is -2.40. The second kappa shape index (κ2) is 9.32. The summed E-state index contributed by atoms with van der Waals surface area (Å²) in [6.45, 7) is 1.94. The van der Waals surface area contributed by atoms with Crippen molar-refractivity contribution in [2.24, 2.45) is 0 Å². The molecule has 1 amide bonds. The van der Waals surface area contributed by atoms with E-state index in [0.29, 0.717) is 33.5 Å². The van der Waals surface area contributed by atoms with Crippen LogP contribution in [0.4, 0.5) is 9.52 Å². The Hall–Kier alpha value is -4.57. The summed E-state index contributed by atoms with van der Waals surface area (Å²) in [7, 11) is 1.27. The number of ketones is 1. The van der Waals surface area contributed by atoms with Gasteiger partial charge in [-0.3, -0.25) is 14.5 Å². The first kappa shape index (κ1) is 24.7. The molecule has 0 spiro atoms. The number of halogens is 1. The fourth-order valence-electron chi connectivity index (χ4n) is 4.98. The number of Topliss-reactive ketones (excluding diaryl/α,β-unsaturated/α-hetero) is 1. The number of hydrogen-bond acceptors (Lipinski definition) is 8. The van der Waals surface area contributed by atoms with Gasteiger partial charge in [-0.1, -0.05) is 23.5 Å². The zero-order valence-electron chi connectivity index (χ0n) is 20.8. The molecule has 1 fully saturated rings. The lowest BCUT2D eigenvalue weighted by atomic mass is 9.94. The summed E-state index contributed by atoms with van der Waals surface area (Å²) < 4.78 is 24.9. The maximum atomic E-state index is 13.9. The minimum atomic E-state index is -1.05. The number of ether oxygens (including phenoxy) is 2. The zero-order chi connectivity index (χ0) is 27.4. The minimum absolute atomic E-state index is 0.0137. The monoisotopic (exact) mass is 544 g/mol. The third-order valence-electron chi connectivity index (χ3n) is 6.81. The molecule has 0 bridgehead atoms. The molecule has 0 radical (unpaired) electrons. The van der Waals surface area contributed by atoms with E-state index >= 15 is 0 Å². The van der Waals surface area contributed by atoms with E-state index in [0.717, 1.165) is 16.9 Å². The molecule has 39 heavy (non-hydrogen) atoms. The Balaban J connectivity index is 1.52. The van der Waals surface area contributed by atoms with Gasteiger partial charge in [0.25, 0.3) is 5.78 Å². The Morgan fingerprint density at radius 3 is 2.59 bits per heavy atom. The van der Waals surface area contributed by atoms with Gasteiger partial charge in [0.1, 0.15) is 23.4 Å². The van der Waals surface area contributed by atoms with E-state index in [1.165, 1.54) is 42.3 Å². The molecule has 196 valence electrons. The van der Waals surface area contributed by atoms with Crippen molar-refractivity contribution in [2.75, 3.05) is 12.0 Å². The van der Waals surface area contributed by atoms with Crippen molar-refractivity contribution in [1.82, 2.24) is 4.98 Å². The smallest absolute Gasteiger partial charge is 0.337 e. The van der Waals surface area contributed by atoms with Gasteiger partial charge in [0.2, 0.25) is 0 Å². The number of thiazole rings is 1. The van der Waals surface area contributed by atoms with E-state index in [1.807, 2.05) is 6.92 Å². The quantitative estimate of drug-likeness (QED) is 0.164. The van der Waals surface area contributed by atoms with Crippen molar-refractivity contribution in [1.29, 1.82) is 0 Å². The first-order valence-corrected chi connectivity index (χ1v) is 12.9. The van der Waals surface area contributed by atoms with Gasteiger partial charge in [-0.05, 0) is 66.6 Å². The molecule has 8 nitrogen and oxygen atoms in total. The van der Waals surface area contributed by atoms with Crippen LogP contribution in [0.25, 0.3) is 16.0 Å². The Kier molecular flexibility index (Phi) is 5.91. The van der Waals surface area contributed by atoms with Crippen LogP contribution in [0.1, 0.15) is 40.0 Å². The Morgan fingerprint density at radius 2 is 1.85 bits per heavy atom. The number of aromatic nitrogens is 1. The summed E-state index contributed by atoms with van der Waals surface area (Å²) >= 11 is 1.06. The van der Waals surface area contributed by atoms with Gasteiger partial charge in [-0.25, -0.2) is 14.2 Å². The maximum Gasteiger partial charge on any atom is 0.337 e. The number of aliphatic hydroxyl groups excluding tert-OH is 1. The highest BCUT2D eigenvalue weighted by Crippen LogP contribution is 2.45. The Bertz CT molecular complexity index is 1710. The van der Waals surface area contributed by atoms with Gasteiger partial charge in [0, 0.05) is 12.0 Å². The lowest BCUT2D eigenvalue weighted by molar-refractivity contribution is -0.132. The van der Waals surface area contributed by atoms with Crippen LogP contribution in [0.5, 0.6) is 5.75 Å². The maximum absolute atomic E-state index is 13.9. The molecule has 2 unspecified atom stereocenters. The molecule has 0 saturated carbocycles. The molecule has 1 N–H and O–H groups in total. The lowest BCUT2D eigenvalue weighted by Crippen LogP contribution is -2.29. The fraction of sp³-hybridized carbons (Fsp3) is 0.172. The molecule has 4 aromatic rings. The van der Waals surface area contributed by atoms with Crippen molar-refractivity contribution in [3.05, 3.63) is 94.3 Å². The van der Waals surface area contributed by atoms with Crippen molar-refractivity contribution in [3.63, 3.8) is 0 Å². The molecule has 1 saturated heterocycles. The number of fused-ring (bicyclic) bond motifs is 2. The van der Waals surface area contributed by atoms with Crippen molar-refractivity contribution in [3.8, 4) is 5.75 Å². The Morgan fingerprint density at radius 1 is 1.10 bits per heavy atom. The molecule has 3 aromatic carbocycles. The first-order chi connectivity index (χ1) is 18.7. The van der Waals surface area contributed by atoms with Gasteiger partial charge in [-0.15, -0.1) is 0 Å². The summed E-state index contributed by atoms with van der Waals surface area (Å²) in [5, 5.41) is 11.6. The predicted octanol–water partition coefficient (Wildman–Crippen LogP) is 5.17. The van der Waals surface area contributed by atoms with Crippen LogP contribution in [0, 0.1) is 5.82 Å². The van der Waals surface area contributed by atoms with Crippen LogP contribution >= 0.6 is 11.3 Å². The van der Waals surface area contributed by atoms with E-state index in [-0.39, 0.29) is 28.1 Å². The molecular weight excluding hydrogens is 523 g/mol. The molecule has 0 aliphatic carbocycles. The highest BCUT2D eigenvalue weighted by Gasteiger charge is 2.48. The van der Waals surface area contributed by atoms with E-state index in [2.05, 4.69) is 4.98 Å². The fourth-order valence-corrected chi connectivity index (χ4v) is 6.00. The number of benzene rings is 3. The summed E-state index contributed by atoms with van der Waals surface area (Å²) in [5.41, 5.74) is 2.34. The van der Waals surface area contributed by atoms with Crippen molar-refractivity contribution in [2.45, 2.75) is 25.5 Å². The number of hydrogen-bond donors (Lipinski definition) is 1. The number of aliphatic hydroxyl groups is 1. The SMILES string of the molecule is COC(=O)c1ccc(C2/C(=C(\O)c3ccc4c(c3)CC(C)O4)C(=O)C(=O)N2c2nc3ccc(F)cc3s2)cc1. The molecule has 2 aliphatic heterocycles. The number of carbonyl (C=O) groups is 3. The first-order valence-electron chi connectivity index (χ1n) is 12.1. The van der Waals surface area contributed by atoms with Gasteiger partial charge in [0.15, 0.2) is 5.13 Å². The van der Waals surface area contributed by atoms with Crippen molar-refractivity contribution < 1.29 is 33.4 Å². The van der Waals surface area contributed by atoms with Crippen LogP contribution in [0.15, 0.2) is 66.2 Å². The largest absolute Gasteiger partial charge is 0.507 e. The number of amides is 1. The molecule has 10 heteroatoms. The third-order valence-corrected chi connectivity index (χ3v) is 7.82. The predicted molar refractivity (Wildman–Crippen MR) is 142 cm³/mol. The zero-order valence-corrected chi connectivity index (χ0v) is 21.6. The second-order valence-electron chi connectivity index (χ2n) is 9.35. The van der Waals surface area contributed by atoms with Crippen LogP contribution in [0.2, 0.25) is 0 Å². The number of rotatable bonds is 4. The highest BCUT2D eigenvalue weighted by molar-refractivity contribution is 7.22. The molecule has 3 heterocycles. The van der Waals surface area contributed by atoms with E-state index in [4.69, 9.17) is 9.47 Å². The number of nitrogens with zero attached hydrogens (tertiary/aromatic N) is 2. The average molecular weight is 545 g/mol. The number of esters is 1. The highest BCUT2D eigenvalue weighted by atomic mass is 32.1. The van der Waals surface area contributed by atoms with Crippen molar-refractivity contribution >= 4 is 50.1 Å². The number of anilines is 1.